The zero-order chi connectivity index (χ0) is 15.4. The fraction of sp³-hybridized carbons (Fsp3) is 0.133. The number of hydrogen-bond acceptors (Lipinski definition) is 4. The molecule has 0 saturated heterocycles. The molecule has 21 heavy (non-hydrogen) atoms. The molecule has 0 unspecified atom stereocenters. The number of carboxylic acids is 1. The van der Waals surface area contributed by atoms with Crippen LogP contribution in [0, 0.1) is 5.82 Å². The van der Waals surface area contributed by atoms with E-state index in [1.165, 1.54) is 50.6 Å². The van der Waals surface area contributed by atoms with E-state index in [9.17, 15) is 9.18 Å². The highest BCUT2D eigenvalue weighted by molar-refractivity contribution is 5.89. The Morgan fingerprint density at radius 2 is 1.57 bits per heavy atom. The van der Waals surface area contributed by atoms with Crippen molar-refractivity contribution in [2.24, 2.45) is 0 Å². The highest BCUT2D eigenvalue weighted by Crippen LogP contribution is 2.41. The number of rotatable bonds is 5. The van der Waals surface area contributed by atoms with Crippen molar-refractivity contribution in [3.63, 3.8) is 0 Å². The molecule has 0 atom stereocenters. The van der Waals surface area contributed by atoms with Crippen LogP contribution in [0.5, 0.6) is 23.0 Å². The van der Waals surface area contributed by atoms with E-state index < -0.39 is 5.97 Å². The predicted molar refractivity (Wildman–Crippen MR) is 73.0 cm³/mol. The number of halogens is 1. The van der Waals surface area contributed by atoms with Gasteiger partial charge in [-0.25, -0.2) is 9.18 Å². The van der Waals surface area contributed by atoms with Gasteiger partial charge >= 0.3 is 5.97 Å². The molecular formula is C15H13FO5. The van der Waals surface area contributed by atoms with Crippen LogP contribution in [0.15, 0.2) is 36.4 Å². The molecule has 0 radical (unpaired) electrons. The molecule has 0 amide bonds. The first-order chi connectivity index (χ1) is 10.0. The summed E-state index contributed by atoms with van der Waals surface area (Å²) in [7, 11) is 2.77. The molecule has 0 spiro atoms. The molecule has 5 nitrogen and oxygen atoms in total. The second-order valence-corrected chi connectivity index (χ2v) is 4.07. The highest BCUT2D eigenvalue weighted by atomic mass is 19.1. The first-order valence-electron chi connectivity index (χ1n) is 5.98. The predicted octanol–water partition coefficient (Wildman–Crippen LogP) is 3.33. The first kappa shape index (κ1) is 14.6. The Hall–Kier alpha value is -2.76. The maximum absolute atomic E-state index is 12.9. The minimum Gasteiger partial charge on any atom is -0.493 e. The summed E-state index contributed by atoms with van der Waals surface area (Å²) in [6.07, 6.45) is 0. The SMILES string of the molecule is COc1cc(C(=O)O)cc(OC)c1Oc1ccc(F)cc1. The molecule has 0 aliphatic carbocycles. The van der Waals surface area contributed by atoms with Crippen LogP contribution in [0.2, 0.25) is 0 Å². The van der Waals surface area contributed by atoms with Gasteiger partial charge in [0.15, 0.2) is 11.5 Å². The number of carbonyl (C=O) groups is 1. The van der Waals surface area contributed by atoms with Crippen molar-refractivity contribution < 1.29 is 28.5 Å². The third-order valence-electron chi connectivity index (χ3n) is 2.74. The van der Waals surface area contributed by atoms with E-state index in [4.69, 9.17) is 19.3 Å². The molecule has 1 N–H and O–H groups in total. The molecule has 0 aliphatic heterocycles. The molecule has 2 aromatic rings. The van der Waals surface area contributed by atoms with Gasteiger partial charge in [0.2, 0.25) is 5.75 Å². The number of methoxy groups -OCH3 is 2. The third kappa shape index (κ3) is 3.22. The van der Waals surface area contributed by atoms with Crippen molar-refractivity contribution in [3.8, 4) is 23.0 Å². The van der Waals surface area contributed by atoms with Gasteiger partial charge in [-0.05, 0) is 36.4 Å². The summed E-state index contributed by atoms with van der Waals surface area (Å²) in [4.78, 5) is 11.1. The van der Waals surface area contributed by atoms with Gasteiger partial charge in [-0.15, -0.1) is 0 Å². The summed E-state index contributed by atoms with van der Waals surface area (Å²) < 4.78 is 28.8. The Kier molecular flexibility index (Phi) is 4.27. The summed E-state index contributed by atoms with van der Waals surface area (Å²) in [5, 5.41) is 9.04. The van der Waals surface area contributed by atoms with Crippen LogP contribution in [0.3, 0.4) is 0 Å². The van der Waals surface area contributed by atoms with Crippen LogP contribution in [0.1, 0.15) is 10.4 Å². The molecule has 0 fully saturated rings. The zero-order valence-electron chi connectivity index (χ0n) is 11.4. The van der Waals surface area contributed by atoms with Gasteiger partial charge in [-0.3, -0.25) is 0 Å². The van der Waals surface area contributed by atoms with E-state index in [0.717, 1.165) is 0 Å². The van der Waals surface area contributed by atoms with E-state index >= 15 is 0 Å². The Balaban J connectivity index is 2.45. The van der Waals surface area contributed by atoms with Crippen LogP contribution in [-0.2, 0) is 0 Å². The van der Waals surface area contributed by atoms with E-state index in [0.29, 0.717) is 5.75 Å². The van der Waals surface area contributed by atoms with Gasteiger partial charge in [0, 0.05) is 0 Å². The lowest BCUT2D eigenvalue weighted by Gasteiger charge is -2.15. The zero-order valence-corrected chi connectivity index (χ0v) is 11.4. The number of ether oxygens (including phenoxy) is 3. The summed E-state index contributed by atoms with van der Waals surface area (Å²) in [6, 6.07) is 8.03. The Bertz CT molecular complexity index is 627. The van der Waals surface area contributed by atoms with Crippen molar-refractivity contribution in [2.75, 3.05) is 14.2 Å². The van der Waals surface area contributed by atoms with Crippen molar-refractivity contribution in [1.82, 2.24) is 0 Å². The molecule has 110 valence electrons. The second kappa shape index (κ2) is 6.13. The van der Waals surface area contributed by atoms with Gasteiger partial charge in [0.25, 0.3) is 0 Å². The molecule has 2 rings (SSSR count). The van der Waals surface area contributed by atoms with Gasteiger partial charge < -0.3 is 19.3 Å². The highest BCUT2D eigenvalue weighted by Gasteiger charge is 2.18. The van der Waals surface area contributed by atoms with E-state index in [2.05, 4.69) is 0 Å². The smallest absolute Gasteiger partial charge is 0.335 e. The Morgan fingerprint density at radius 3 is 2.00 bits per heavy atom. The van der Waals surface area contributed by atoms with Crippen LogP contribution in [-0.4, -0.2) is 25.3 Å². The average molecular weight is 292 g/mol. The fourth-order valence-corrected chi connectivity index (χ4v) is 1.72. The van der Waals surface area contributed by atoms with E-state index in [-0.39, 0.29) is 28.6 Å². The summed E-state index contributed by atoms with van der Waals surface area (Å²) in [5.41, 5.74) is 0.00940. The minimum atomic E-state index is -1.11. The van der Waals surface area contributed by atoms with Gasteiger partial charge in [0.1, 0.15) is 11.6 Å². The van der Waals surface area contributed by atoms with Crippen molar-refractivity contribution in [3.05, 3.63) is 47.8 Å². The summed E-state index contributed by atoms with van der Waals surface area (Å²) >= 11 is 0. The van der Waals surface area contributed by atoms with E-state index in [1.54, 1.807) is 0 Å². The molecular weight excluding hydrogens is 279 g/mol. The average Bonchev–Trinajstić information content (AvgIpc) is 2.49. The second-order valence-electron chi connectivity index (χ2n) is 4.07. The summed E-state index contributed by atoms with van der Waals surface area (Å²) in [6.45, 7) is 0. The molecule has 0 bridgehead atoms. The summed E-state index contributed by atoms with van der Waals surface area (Å²) in [5.74, 6) is -0.498. The number of aromatic carboxylic acids is 1. The largest absolute Gasteiger partial charge is 0.493 e. The first-order valence-corrected chi connectivity index (χ1v) is 5.98. The van der Waals surface area contributed by atoms with Gasteiger partial charge in [0.05, 0.1) is 19.8 Å². The molecule has 0 aliphatic rings. The fourth-order valence-electron chi connectivity index (χ4n) is 1.72. The van der Waals surface area contributed by atoms with Crippen molar-refractivity contribution in [2.45, 2.75) is 0 Å². The number of benzene rings is 2. The molecule has 0 saturated carbocycles. The molecule has 0 heterocycles. The third-order valence-corrected chi connectivity index (χ3v) is 2.74. The maximum Gasteiger partial charge on any atom is 0.335 e. The van der Waals surface area contributed by atoms with Crippen LogP contribution in [0.25, 0.3) is 0 Å². The minimum absolute atomic E-state index is 0.00940. The van der Waals surface area contributed by atoms with Crippen LogP contribution in [0.4, 0.5) is 4.39 Å². The van der Waals surface area contributed by atoms with Gasteiger partial charge in [-0.2, -0.15) is 0 Å². The van der Waals surface area contributed by atoms with Crippen molar-refractivity contribution in [1.29, 1.82) is 0 Å². The van der Waals surface area contributed by atoms with Crippen LogP contribution < -0.4 is 14.2 Å². The quantitative estimate of drug-likeness (QED) is 0.915. The standard InChI is InChI=1S/C15H13FO5/c1-19-12-7-9(15(17)18)8-13(20-2)14(12)21-11-5-3-10(16)4-6-11/h3-8H,1-2H3,(H,17,18). The number of carboxylic acid groups (broad SMARTS) is 1. The molecule has 0 aromatic heterocycles. The lowest BCUT2D eigenvalue weighted by Crippen LogP contribution is -2.01. The molecule has 6 heteroatoms. The maximum atomic E-state index is 12.9. The Labute approximate surface area is 120 Å². The number of hydrogen-bond donors (Lipinski definition) is 1. The Morgan fingerprint density at radius 1 is 1.05 bits per heavy atom. The van der Waals surface area contributed by atoms with E-state index in [1.807, 2.05) is 0 Å². The van der Waals surface area contributed by atoms with Crippen molar-refractivity contribution >= 4 is 5.97 Å². The molecule has 2 aromatic carbocycles. The monoisotopic (exact) mass is 292 g/mol. The van der Waals surface area contributed by atoms with Gasteiger partial charge in [-0.1, -0.05) is 0 Å². The lowest BCUT2D eigenvalue weighted by atomic mass is 10.2. The topological polar surface area (TPSA) is 65.0 Å². The lowest BCUT2D eigenvalue weighted by molar-refractivity contribution is 0.0696. The normalized spacial score (nSPS) is 10.0. The van der Waals surface area contributed by atoms with Crippen LogP contribution >= 0.6 is 0 Å².